The van der Waals surface area contributed by atoms with E-state index in [1.54, 1.807) is 37.2 Å². The van der Waals surface area contributed by atoms with Gasteiger partial charge in [-0.25, -0.2) is 10.5 Å². The summed E-state index contributed by atoms with van der Waals surface area (Å²) in [6.07, 6.45) is 4.36. The first-order chi connectivity index (χ1) is 15.7. The van der Waals surface area contributed by atoms with Gasteiger partial charge in [0.25, 0.3) is 5.56 Å². The Bertz CT molecular complexity index is 1180. The van der Waals surface area contributed by atoms with Crippen LogP contribution in [0.2, 0.25) is 0 Å². The van der Waals surface area contributed by atoms with Crippen LogP contribution >= 0.6 is 0 Å². The summed E-state index contributed by atoms with van der Waals surface area (Å²) in [7, 11) is 3.32. The van der Waals surface area contributed by atoms with Crippen LogP contribution in [0.3, 0.4) is 0 Å². The fraction of sp³-hybridized carbons (Fsp3) is 0.458. The van der Waals surface area contributed by atoms with Gasteiger partial charge in [-0.1, -0.05) is 6.92 Å². The van der Waals surface area contributed by atoms with Crippen LogP contribution in [0.4, 0.5) is 5.82 Å². The minimum Gasteiger partial charge on any atom is -0.458 e. The number of aromatic nitrogens is 2. The number of furan rings is 1. The zero-order valence-electron chi connectivity index (χ0n) is 20.2. The number of nitrogens with zero attached hydrogens (tertiary/aromatic N) is 3. The second-order valence-electron chi connectivity index (χ2n) is 8.57. The standard InChI is InChI=1S/C24H33N5O4/c1-7-11-29(12-10-26-32-6)24(3,4)20-14-18-22(33-20)19(15-28(5)23(18)31)17-8-9-25-21(13-17)27-16(2)30/h8-9,13-15,26H,7,10-12H2,1-6H3,(H,25,27,30). The van der Waals surface area contributed by atoms with E-state index < -0.39 is 5.54 Å². The zero-order valence-corrected chi connectivity index (χ0v) is 20.2. The number of aryl methyl sites for hydroxylation is 1. The van der Waals surface area contributed by atoms with Gasteiger partial charge >= 0.3 is 0 Å². The Balaban J connectivity index is 2.11. The highest BCUT2D eigenvalue weighted by atomic mass is 16.6. The number of anilines is 1. The van der Waals surface area contributed by atoms with Crippen LogP contribution in [0, 0.1) is 0 Å². The Kier molecular flexibility index (Phi) is 7.68. The number of amides is 1. The molecule has 33 heavy (non-hydrogen) atoms. The molecule has 0 radical (unpaired) electrons. The fourth-order valence-electron chi connectivity index (χ4n) is 3.98. The SMILES string of the molecule is CCCN(CCNOC)C(C)(C)c1cc2c(=O)n(C)cc(-c3ccnc(NC(C)=O)c3)c2o1. The monoisotopic (exact) mass is 455 g/mol. The number of carbonyl (C=O) groups is 1. The molecule has 3 rings (SSSR count). The van der Waals surface area contributed by atoms with Crippen molar-refractivity contribution in [3.05, 3.63) is 46.7 Å². The summed E-state index contributed by atoms with van der Waals surface area (Å²) in [6.45, 7) is 10.0. The van der Waals surface area contributed by atoms with Gasteiger partial charge in [0.15, 0.2) is 0 Å². The van der Waals surface area contributed by atoms with Crippen molar-refractivity contribution in [2.45, 2.75) is 39.7 Å². The topological polar surface area (TPSA) is 102 Å². The highest BCUT2D eigenvalue weighted by molar-refractivity contribution is 5.93. The molecule has 2 N–H and O–H groups in total. The molecule has 0 unspecified atom stereocenters. The van der Waals surface area contributed by atoms with Crippen molar-refractivity contribution in [3.8, 4) is 11.1 Å². The van der Waals surface area contributed by atoms with Crippen LogP contribution < -0.4 is 16.4 Å². The second-order valence-corrected chi connectivity index (χ2v) is 8.57. The van der Waals surface area contributed by atoms with Crippen molar-refractivity contribution in [3.63, 3.8) is 0 Å². The predicted octanol–water partition coefficient (Wildman–Crippen LogP) is 3.25. The molecule has 9 nitrogen and oxygen atoms in total. The minimum atomic E-state index is -0.452. The number of nitrogens with one attached hydrogen (secondary N) is 2. The first kappa shape index (κ1) is 24.6. The lowest BCUT2D eigenvalue weighted by Crippen LogP contribution is -2.45. The zero-order chi connectivity index (χ0) is 24.2. The van der Waals surface area contributed by atoms with E-state index in [1.807, 2.05) is 12.1 Å². The van der Waals surface area contributed by atoms with Gasteiger partial charge in [-0.2, -0.15) is 0 Å². The molecule has 0 fully saturated rings. The molecule has 0 saturated heterocycles. The van der Waals surface area contributed by atoms with Crippen molar-refractivity contribution < 1.29 is 14.0 Å². The molecule has 0 saturated carbocycles. The van der Waals surface area contributed by atoms with E-state index in [0.717, 1.165) is 30.6 Å². The molecular weight excluding hydrogens is 422 g/mol. The van der Waals surface area contributed by atoms with Gasteiger partial charge in [-0.3, -0.25) is 14.5 Å². The van der Waals surface area contributed by atoms with Gasteiger partial charge in [-0.05, 0) is 50.6 Å². The molecule has 0 aromatic carbocycles. The summed E-state index contributed by atoms with van der Waals surface area (Å²) in [5.74, 6) is 0.948. The molecule has 178 valence electrons. The lowest BCUT2D eigenvalue weighted by molar-refractivity contribution is -0.114. The third kappa shape index (κ3) is 5.32. The maximum atomic E-state index is 13.0. The Morgan fingerprint density at radius 1 is 1.30 bits per heavy atom. The van der Waals surface area contributed by atoms with E-state index in [4.69, 9.17) is 9.25 Å². The predicted molar refractivity (Wildman–Crippen MR) is 129 cm³/mol. The molecular formula is C24H33N5O4. The molecule has 1 amide bonds. The number of fused-ring (bicyclic) bond motifs is 1. The average Bonchev–Trinajstić information content (AvgIpc) is 3.22. The normalized spacial score (nSPS) is 12.0. The van der Waals surface area contributed by atoms with Gasteiger partial charge in [0.05, 0.1) is 18.0 Å². The summed E-state index contributed by atoms with van der Waals surface area (Å²) < 4.78 is 7.94. The Morgan fingerprint density at radius 3 is 2.73 bits per heavy atom. The number of hydrogen-bond donors (Lipinski definition) is 2. The van der Waals surface area contributed by atoms with Crippen molar-refractivity contribution in [1.82, 2.24) is 19.9 Å². The Hall–Kier alpha value is -3.01. The molecule has 3 aromatic heterocycles. The molecule has 0 aliphatic carbocycles. The second kappa shape index (κ2) is 10.3. The van der Waals surface area contributed by atoms with Crippen LogP contribution in [0.5, 0.6) is 0 Å². The summed E-state index contributed by atoms with van der Waals surface area (Å²) in [5, 5.41) is 3.22. The highest BCUT2D eigenvalue weighted by Gasteiger charge is 2.32. The number of hydroxylamine groups is 1. The number of carbonyl (C=O) groups excluding carboxylic acids is 1. The average molecular weight is 456 g/mol. The van der Waals surface area contributed by atoms with Crippen molar-refractivity contribution in [2.24, 2.45) is 7.05 Å². The van der Waals surface area contributed by atoms with E-state index >= 15 is 0 Å². The first-order valence-electron chi connectivity index (χ1n) is 11.1. The van der Waals surface area contributed by atoms with Gasteiger partial charge in [0.2, 0.25) is 5.91 Å². The number of hydrogen-bond acceptors (Lipinski definition) is 7. The summed E-state index contributed by atoms with van der Waals surface area (Å²) >= 11 is 0. The molecule has 9 heteroatoms. The van der Waals surface area contributed by atoms with E-state index in [9.17, 15) is 9.59 Å². The van der Waals surface area contributed by atoms with Crippen molar-refractivity contribution >= 4 is 22.7 Å². The number of pyridine rings is 2. The van der Waals surface area contributed by atoms with E-state index in [0.29, 0.717) is 29.1 Å². The summed E-state index contributed by atoms with van der Waals surface area (Å²) in [6, 6.07) is 5.45. The molecule has 0 bridgehead atoms. The largest absolute Gasteiger partial charge is 0.458 e. The highest BCUT2D eigenvalue weighted by Crippen LogP contribution is 2.36. The van der Waals surface area contributed by atoms with Gasteiger partial charge in [0, 0.05) is 45.0 Å². The van der Waals surface area contributed by atoms with E-state index in [1.165, 1.54) is 6.92 Å². The lowest BCUT2D eigenvalue weighted by Gasteiger charge is -2.37. The van der Waals surface area contributed by atoms with E-state index in [-0.39, 0.29) is 11.5 Å². The van der Waals surface area contributed by atoms with Crippen LogP contribution in [-0.2, 0) is 22.2 Å². The Labute approximate surface area is 193 Å². The first-order valence-corrected chi connectivity index (χ1v) is 11.1. The van der Waals surface area contributed by atoms with E-state index in [2.05, 4.69) is 41.5 Å². The van der Waals surface area contributed by atoms with Crippen LogP contribution in [0.1, 0.15) is 39.9 Å². The van der Waals surface area contributed by atoms with Gasteiger partial charge in [-0.15, -0.1) is 0 Å². The third-order valence-corrected chi connectivity index (χ3v) is 5.74. The maximum Gasteiger partial charge on any atom is 0.261 e. The smallest absolute Gasteiger partial charge is 0.261 e. The van der Waals surface area contributed by atoms with Gasteiger partial charge < -0.3 is 19.1 Å². The molecule has 0 aliphatic rings. The van der Waals surface area contributed by atoms with Crippen LogP contribution in [0.25, 0.3) is 22.1 Å². The lowest BCUT2D eigenvalue weighted by atomic mass is 9.98. The molecule has 0 aliphatic heterocycles. The minimum absolute atomic E-state index is 0.126. The van der Waals surface area contributed by atoms with Crippen LogP contribution in [-0.4, -0.2) is 47.1 Å². The van der Waals surface area contributed by atoms with Gasteiger partial charge in [0.1, 0.15) is 17.2 Å². The maximum absolute atomic E-state index is 13.0. The molecule has 3 aromatic rings. The molecule has 3 heterocycles. The van der Waals surface area contributed by atoms with Crippen molar-refractivity contribution in [2.75, 3.05) is 32.1 Å². The number of rotatable bonds is 10. The summed E-state index contributed by atoms with van der Waals surface area (Å²) in [5.41, 5.74) is 4.38. The quantitative estimate of drug-likeness (QED) is 0.357. The molecule has 0 spiro atoms. The van der Waals surface area contributed by atoms with Crippen LogP contribution in [0.15, 0.2) is 39.8 Å². The molecule has 0 atom stereocenters. The third-order valence-electron chi connectivity index (χ3n) is 5.74. The summed E-state index contributed by atoms with van der Waals surface area (Å²) in [4.78, 5) is 35.9. The fourth-order valence-corrected chi connectivity index (χ4v) is 3.98. The van der Waals surface area contributed by atoms with Crippen molar-refractivity contribution in [1.29, 1.82) is 0 Å². The Morgan fingerprint density at radius 2 is 2.06 bits per heavy atom.